The minimum atomic E-state index is -0.927. The molecule has 1 aliphatic rings. The molecule has 11 heavy (non-hydrogen) atoms. The van der Waals surface area contributed by atoms with Gasteiger partial charge in [0.1, 0.15) is 0 Å². The number of carboxylic acids is 1. The van der Waals surface area contributed by atoms with Crippen LogP contribution in [0.5, 0.6) is 0 Å². The molecule has 0 spiro atoms. The first kappa shape index (κ1) is 8.74. The topological polar surface area (TPSA) is 57.5 Å². The van der Waals surface area contributed by atoms with E-state index in [4.69, 9.17) is 5.11 Å². The highest BCUT2D eigenvalue weighted by Crippen LogP contribution is 2.23. The minimum Gasteiger partial charge on any atom is -0.478 e. The van der Waals surface area contributed by atoms with Crippen LogP contribution < -0.4 is 0 Å². The maximum atomic E-state index is 10.4. The van der Waals surface area contributed by atoms with Gasteiger partial charge >= 0.3 is 5.97 Å². The Labute approximate surface area is 72.9 Å². The van der Waals surface area contributed by atoms with E-state index in [1.165, 1.54) is 6.08 Å². The Hall–Kier alpha value is -0.350. The van der Waals surface area contributed by atoms with Crippen molar-refractivity contribution < 1.29 is 15.0 Å². The van der Waals surface area contributed by atoms with Crippen molar-refractivity contribution in [3.63, 3.8) is 0 Å². The fraction of sp³-hybridized carbons (Fsp3) is 0.571. The number of halogens is 1. The Morgan fingerprint density at radius 3 is 2.82 bits per heavy atom. The number of hydrogen-bond donors (Lipinski definition) is 2. The molecule has 0 heterocycles. The number of aliphatic hydroxyl groups is 1. The molecule has 0 saturated heterocycles. The number of carbonyl (C=O) groups is 1. The molecule has 2 N–H and O–H groups in total. The highest BCUT2D eigenvalue weighted by Gasteiger charge is 2.22. The molecule has 0 aliphatic heterocycles. The second-order valence-corrected chi connectivity index (χ2v) is 3.72. The molecule has 0 fully saturated rings. The molecule has 1 unspecified atom stereocenters. The van der Waals surface area contributed by atoms with Crippen LogP contribution in [0.3, 0.4) is 0 Å². The molecule has 0 radical (unpaired) electrons. The molecule has 0 aromatic carbocycles. The lowest BCUT2D eigenvalue weighted by Gasteiger charge is -2.19. The van der Waals surface area contributed by atoms with E-state index in [1.54, 1.807) is 0 Å². The number of hydrogen-bond acceptors (Lipinski definition) is 2. The van der Waals surface area contributed by atoms with Crippen LogP contribution in [0, 0.1) is 0 Å². The molecule has 2 atom stereocenters. The van der Waals surface area contributed by atoms with Crippen molar-refractivity contribution in [1.29, 1.82) is 0 Å². The second-order valence-electron chi connectivity index (χ2n) is 2.54. The number of aliphatic carboxylic acids is 1. The van der Waals surface area contributed by atoms with Gasteiger partial charge in [-0.3, -0.25) is 0 Å². The van der Waals surface area contributed by atoms with Gasteiger partial charge in [-0.1, -0.05) is 15.9 Å². The standard InChI is InChI=1S/C7H9BrO3/c8-5-2-1-4(7(10)11)3-6(5)9/h3,5-6,9H,1-2H2,(H,10,11)/t5?,6-/m0/s1. The molecule has 3 nitrogen and oxygen atoms in total. The zero-order valence-corrected chi connectivity index (χ0v) is 7.41. The Morgan fingerprint density at radius 2 is 2.36 bits per heavy atom. The smallest absolute Gasteiger partial charge is 0.331 e. The molecule has 62 valence electrons. The largest absolute Gasteiger partial charge is 0.478 e. The summed E-state index contributed by atoms with van der Waals surface area (Å²) < 4.78 is 0. The third kappa shape index (κ3) is 2.04. The second kappa shape index (κ2) is 3.36. The highest BCUT2D eigenvalue weighted by molar-refractivity contribution is 9.09. The molecular weight excluding hydrogens is 212 g/mol. The molecule has 0 bridgehead atoms. The fourth-order valence-corrected chi connectivity index (χ4v) is 1.42. The van der Waals surface area contributed by atoms with Crippen molar-refractivity contribution >= 4 is 21.9 Å². The third-order valence-corrected chi connectivity index (χ3v) is 2.71. The van der Waals surface area contributed by atoms with Crippen molar-refractivity contribution in [2.24, 2.45) is 0 Å². The van der Waals surface area contributed by atoms with Gasteiger partial charge in [0, 0.05) is 10.4 Å². The number of aliphatic hydroxyl groups excluding tert-OH is 1. The van der Waals surface area contributed by atoms with Gasteiger partial charge < -0.3 is 10.2 Å². The quantitative estimate of drug-likeness (QED) is 0.647. The van der Waals surface area contributed by atoms with E-state index in [0.29, 0.717) is 18.4 Å². The van der Waals surface area contributed by atoms with Gasteiger partial charge in [-0.25, -0.2) is 4.79 Å². The van der Waals surface area contributed by atoms with Gasteiger partial charge in [0.25, 0.3) is 0 Å². The van der Waals surface area contributed by atoms with E-state index in [0.717, 1.165) is 0 Å². The zero-order valence-electron chi connectivity index (χ0n) is 5.83. The molecule has 1 aliphatic carbocycles. The average molecular weight is 221 g/mol. The van der Waals surface area contributed by atoms with Gasteiger partial charge in [0.2, 0.25) is 0 Å². The van der Waals surface area contributed by atoms with Gasteiger partial charge in [-0.2, -0.15) is 0 Å². The fourth-order valence-electron chi connectivity index (χ4n) is 1.04. The summed E-state index contributed by atoms with van der Waals surface area (Å²) >= 11 is 3.24. The summed E-state index contributed by atoms with van der Waals surface area (Å²) in [6, 6.07) is 0. The molecular formula is C7H9BrO3. The number of rotatable bonds is 1. The Kier molecular flexibility index (Phi) is 2.67. The van der Waals surface area contributed by atoms with Crippen LogP contribution in [-0.2, 0) is 4.79 Å². The van der Waals surface area contributed by atoms with Crippen LogP contribution in [0.15, 0.2) is 11.6 Å². The molecule has 4 heteroatoms. The van der Waals surface area contributed by atoms with E-state index in [2.05, 4.69) is 15.9 Å². The lowest BCUT2D eigenvalue weighted by atomic mass is 9.98. The summed E-state index contributed by atoms with van der Waals surface area (Å²) in [5.41, 5.74) is 0.313. The first-order chi connectivity index (χ1) is 5.11. The molecule has 0 amide bonds. The van der Waals surface area contributed by atoms with E-state index in [9.17, 15) is 9.90 Å². The van der Waals surface area contributed by atoms with E-state index in [-0.39, 0.29) is 4.83 Å². The van der Waals surface area contributed by atoms with Crippen LogP contribution in [0.25, 0.3) is 0 Å². The first-order valence-electron chi connectivity index (χ1n) is 3.37. The summed E-state index contributed by atoms with van der Waals surface area (Å²) in [6.45, 7) is 0. The van der Waals surface area contributed by atoms with Crippen molar-refractivity contribution in [2.75, 3.05) is 0 Å². The SMILES string of the molecule is O=C(O)C1=C[C@H](O)C(Br)CC1. The molecule has 0 aromatic rings. The van der Waals surface area contributed by atoms with E-state index < -0.39 is 12.1 Å². The summed E-state index contributed by atoms with van der Waals surface area (Å²) in [7, 11) is 0. The van der Waals surface area contributed by atoms with E-state index in [1.807, 2.05) is 0 Å². The van der Waals surface area contributed by atoms with Gasteiger partial charge in [-0.05, 0) is 18.9 Å². The number of alkyl halides is 1. The van der Waals surface area contributed by atoms with Crippen molar-refractivity contribution in [2.45, 2.75) is 23.8 Å². The predicted molar refractivity (Wildman–Crippen MR) is 43.7 cm³/mol. The van der Waals surface area contributed by atoms with E-state index >= 15 is 0 Å². The van der Waals surface area contributed by atoms with Crippen LogP contribution in [0.1, 0.15) is 12.8 Å². The lowest BCUT2D eigenvalue weighted by Crippen LogP contribution is -2.24. The summed E-state index contributed by atoms with van der Waals surface area (Å²) in [6.07, 6.45) is 1.95. The maximum Gasteiger partial charge on any atom is 0.331 e. The Balaban J connectivity index is 2.71. The summed E-state index contributed by atoms with van der Waals surface area (Å²) in [5, 5.41) is 17.8. The van der Waals surface area contributed by atoms with Crippen LogP contribution >= 0.6 is 15.9 Å². The third-order valence-electron chi connectivity index (χ3n) is 1.71. The van der Waals surface area contributed by atoms with Gasteiger partial charge in [-0.15, -0.1) is 0 Å². The van der Waals surface area contributed by atoms with Gasteiger partial charge in [0.15, 0.2) is 0 Å². The lowest BCUT2D eigenvalue weighted by molar-refractivity contribution is -0.133. The molecule has 0 aromatic heterocycles. The van der Waals surface area contributed by atoms with Crippen molar-refractivity contribution in [3.8, 4) is 0 Å². The Bertz CT molecular complexity index is 200. The Morgan fingerprint density at radius 1 is 1.73 bits per heavy atom. The number of carboxylic acid groups (broad SMARTS) is 1. The summed E-state index contributed by atoms with van der Waals surface area (Å²) in [4.78, 5) is 10.4. The molecule has 1 rings (SSSR count). The normalized spacial score (nSPS) is 31.3. The van der Waals surface area contributed by atoms with Crippen LogP contribution in [0.2, 0.25) is 0 Å². The average Bonchev–Trinajstić information content (AvgIpc) is 1.94. The monoisotopic (exact) mass is 220 g/mol. The summed E-state index contributed by atoms with van der Waals surface area (Å²) in [5.74, 6) is -0.927. The van der Waals surface area contributed by atoms with Crippen molar-refractivity contribution in [1.82, 2.24) is 0 Å². The highest BCUT2D eigenvalue weighted by atomic mass is 79.9. The zero-order chi connectivity index (χ0) is 8.43. The molecule has 0 saturated carbocycles. The maximum absolute atomic E-state index is 10.4. The van der Waals surface area contributed by atoms with Crippen LogP contribution in [0.4, 0.5) is 0 Å². The first-order valence-corrected chi connectivity index (χ1v) is 4.29. The van der Waals surface area contributed by atoms with Gasteiger partial charge in [0.05, 0.1) is 6.10 Å². The predicted octanol–water partition coefficient (Wildman–Crippen LogP) is 0.916. The van der Waals surface area contributed by atoms with Crippen molar-refractivity contribution in [3.05, 3.63) is 11.6 Å². The van der Waals surface area contributed by atoms with Crippen LogP contribution in [-0.4, -0.2) is 27.1 Å². The minimum absolute atomic E-state index is 0.00519.